The monoisotopic (exact) mass is 295 g/mol. The lowest BCUT2D eigenvalue weighted by Crippen LogP contribution is -2.32. The second kappa shape index (κ2) is 7.60. The minimum Gasteiger partial charge on any atom is -0.392 e. The standard InChI is InChI=1S/C16H25NO2S/c1-5-15(18)16(12-11-13(2)3)20(19,17-4)14-9-7-6-8-10-14/h6-13,15-16,18H,5H2,1-4H3/b12-11+/t15-,16-,20?/m1/s1. The summed E-state index contributed by atoms with van der Waals surface area (Å²) in [5, 5.41) is 9.78. The zero-order chi connectivity index (χ0) is 15.2. The van der Waals surface area contributed by atoms with Crippen LogP contribution in [0.4, 0.5) is 0 Å². The lowest BCUT2D eigenvalue weighted by atomic mass is 10.1. The van der Waals surface area contributed by atoms with Crippen LogP contribution in [0.3, 0.4) is 0 Å². The zero-order valence-electron chi connectivity index (χ0n) is 12.7. The second-order valence-corrected chi connectivity index (χ2v) is 7.65. The van der Waals surface area contributed by atoms with Crippen LogP contribution in [0.2, 0.25) is 0 Å². The van der Waals surface area contributed by atoms with E-state index in [1.165, 1.54) is 0 Å². The topological polar surface area (TPSA) is 49.7 Å². The predicted octanol–water partition coefficient (Wildman–Crippen LogP) is 3.50. The Morgan fingerprint density at radius 3 is 2.30 bits per heavy atom. The summed E-state index contributed by atoms with van der Waals surface area (Å²) < 4.78 is 17.4. The SMILES string of the molecule is CC[C@@H](O)[C@@H](/C=C/C(C)C)S(=O)(=NC)c1ccccc1. The fraction of sp³-hybridized carbons (Fsp3) is 0.500. The summed E-state index contributed by atoms with van der Waals surface area (Å²) in [4.78, 5) is 0.674. The van der Waals surface area contributed by atoms with Gasteiger partial charge in [0, 0.05) is 11.9 Å². The highest BCUT2D eigenvalue weighted by atomic mass is 32.2. The van der Waals surface area contributed by atoms with E-state index in [1.54, 1.807) is 7.05 Å². The fourth-order valence-electron chi connectivity index (χ4n) is 2.01. The van der Waals surface area contributed by atoms with Crippen molar-refractivity contribution in [2.24, 2.45) is 10.3 Å². The largest absolute Gasteiger partial charge is 0.392 e. The Hall–Kier alpha value is -1.13. The molecule has 0 radical (unpaired) electrons. The van der Waals surface area contributed by atoms with Crippen LogP contribution < -0.4 is 0 Å². The molecule has 1 unspecified atom stereocenters. The summed E-state index contributed by atoms with van der Waals surface area (Å²) >= 11 is 0. The second-order valence-electron chi connectivity index (χ2n) is 5.13. The summed E-state index contributed by atoms with van der Waals surface area (Å²) in [5.74, 6) is 0.345. The van der Waals surface area contributed by atoms with Gasteiger partial charge in [0.2, 0.25) is 0 Å². The van der Waals surface area contributed by atoms with Crippen molar-refractivity contribution in [3.8, 4) is 0 Å². The lowest BCUT2D eigenvalue weighted by Gasteiger charge is -2.23. The number of allylic oxidation sites excluding steroid dienone is 1. The molecule has 1 aromatic carbocycles. The highest BCUT2D eigenvalue weighted by Crippen LogP contribution is 2.24. The van der Waals surface area contributed by atoms with Gasteiger partial charge in [0.1, 0.15) is 0 Å². The number of aliphatic hydroxyl groups excluding tert-OH is 1. The highest BCUT2D eigenvalue weighted by molar-refractivity contribution is 7.94. The number of rotatable bonds is 6. The van der Waals surface area contributed by atoms with E-state index in [9.17, 15) is 9.32 Å². The van der Waals surface area contributed by atoms with E-state index < -0.39 is 21.1 Å². The van der Waals surface area contributed by atoms with Gasteiger partial charge in [-0.15, -0.1) is 0 Å². The minimum absolute atomic E-state index is 0.345. The van der Waals surface area contributed by atoms with Crippen molar-refractivity contribution < 1.29 is 9.32 Å². The van der Waals surface area contributed by atoms with Crippen molar-refractivity contribution in [2.45, 2.75) is 43.4 Å². The molecule has 0 aromatic heterocycles. The summed E-state index contributed by atoms with van der Waals surface area (Å²) in [7, 11) is -1.10. The van der Waals surface area contributed by atoms with Gasteiger partial charge in [-0.05, 0) is 24.5 Å². The first-order valence-electron chi connectivity index (χ1n) is 7.01. The molecule has 1 rings (SSSR count). The minimum atomic E-state index is -2.67. The van der Waals surface area contributed by atoms with Crippen LogP contribution in [-0.2, 0) is 9.73 Å². The van der Waals surface area contributed by atoms with E-state index in [4.69, 9.17) is 0 Å². The first-order valence-corrected chi connectivity index (χ1v) is 8.59. The Bertz CT molecular complexity index is 543. The van der Waals surface area contributed by atoms with Crippen LogP contribution >= 0.6 is 0 Å². The van der Waals surface area contributed by atoms with Gasteiger partial charge in [-0.3, -0.25) is 0 Å². The van der Waals surface area contributed by atoms with Gasteiger partial charge in [0.05, 0.1) is 21.1 Å². The first kappa shape index (κ1) is 16.9. The van der Waals surface area contributed by atoms with Gasteiger partial charge >= 0.3 is 0 Å². The fourth-order valence-corrected chi connectivity index (χ4v) is 4.25. The van der Waals surface area contributed by atoms with E-state index in [2.05, 4.69) is 18.2 Å². The predicted molar refractivity (Wildman–Crippen MR) is 85.3 cm³/mol. The van der Waals surface area contributed by atoms with E-state index in [0.717, 1.165) is 0 Å². The van der Waals surface area contributed by atoms with Crippen molar-refractivity contribution in [1.82, 2.24) is 0 Å². The van der Waals surface area contributed by atoms with Crippen LogP contribution in [-0.4, -0.2) is 27.7 Å². The normalized spacial score (nSPS) is 17.9. The van der Waals surface area contributed by atoms with Gasteiger partial charge < -0.3 is 5.11 Å². The van der Waals surface area contributed by atoms with Gasteiger partial charge in [-0.25, -0.2) is 8.57 Å². The molecule has 0 saturated carbocycles. The lowest BCUT2D eigenvalue weighted by molar-refractivity contribution is 0.176. The Labute approximate surface area is 122 Å². The third-order valence-electron chi connectivity index (χ3n) is 3.20. The molecule has 4 heteroatoms. The molecule has 20 heavy (non-hydrogen) atoms. The van der Waals surface area contributed by atoms with Gasteiger partial charge in [0.25, 0.3) is 0 Å². The maximum Gasteiger partial charge on any atom is 0.0913 e. The van der Waals surface area contributed by atoms with Gasteiger partial charge in [-0.2, -0.15) is 0 Å². The van der Waals surface area contributed by atoms with E-state index in [-0.39, 0.29) is 0 Å². The van der Waals surface area contributed by atoms with E-state index in [0.29, 0.717) is 17.2 Å². The molecule has 0 aliphatic carbocycles. The summed E-state index contributed by atoms with van der Waals surface area (Å²) in [6, 6.07) is 9.21. The Morgan fingerprint density at radius 1 is 1.25 bits per heavy atom. The molecule has 0 fully saturated rings. The first-order chi connectivity index (χ1) is 9.45. The third-order valence-corrected chi connectivity index (χ3v) is 5.90. The van der Waals surface area contributed by atoms with Crippen LogP contribution in [0.5, 0.6) is 0 Å². The van der Waals surface area contributed by atoms with E-state index in [1.807, 2.05) is 49.4 Å². The molecular formula is C16H25NO2S. The molecule has 0 aliphatic heterocycles. The smallest absolute Gasteiger partial charge is 0.0913 e. The zero-order valence-corrected chi connectivity index (χ0v) is 13.5. The van der Waals surface area contributed by atoms with Crippen LogP contribution in [0.15, 0.2) is 51.7 Å². The molecule has 1 N–H and O–H groups in total. The molecule has 112 valence electrons. The maximum atomic E-state index is 13.3. The van der Waals surface area contributed by atoms with E-state index >= 15 is 0 Å². The van der Waals surface area contributed by atoms with Crippen molar-refractivity contribution in [3.05, 3.63) is 42.5 Å². The molecular weight excluding hydrogens is 270 g/mol. The third kappa shape index (κ3) is 3.93. The molecule has 0 heterocycles. The van der Waals surface area contributed by atoms with Gasteiger partial charge in [-0.1, -0.05) is 51.1 Å². The van der Waals surface area contributed by atoms with Crippen molar-refractivity contribution >= 4 is 9.73 Å². The number of hydrogen-bond donors (Lipinski definition) is 1. The maximum absolute atomic E-state index is 13.3. The average Bonchev–Trinajstić information content (AvgIpc) is 2.47. The average molecular weight is 295 g/mol. The van der Waals surface area contributed by atoms with Crippen molar-refractivity contribution in [1.29, 1.82) is 0 Å². The molecule has 0 spiro atoms. The molecule has 3 atom stereocenters. The number of aliphatic hydroxyl groups is 1. The van der Waals surface area contributed by atoms with Gasteiger partial charge in [0.15, 0.2) is 0 Å². The molecule has 0 bridgehead atoms. The molecule has 0 amide bonds. The number of hydrogen-bond acceptors (Lipinski definition) is 3. The van der Waals surface area contributed by atoms with Crippen LogP contribution in [0, 0.1) is 5.92 Å². The highest BCUT2D eigenvalue weighted by Gasteiger charge is 2.28. The number of benzene rings is 1. The summed E-state index contributed by atoms with van der Waals surface area (Å²) in [6.07, 6.45) is 3.73. The molecule has 0 saturated heterocycles. The van der Waals surface area contributed by atoms with Crippen molar-refractivity contribution in [2.75, 3.05) is 7.05 Å². The summed E-state index contributed by atoms with van der Waals surface area (Å²) in [6.45, 7) is 6.00. The van der Waals surface area contributed by atoms with Crippen molar-refractivity contribution in [3.63, 3.8) is 0 Å². The number of nitrogens with zero attached hydrogens (tertiary/aromatic N) is 1. The Morgan fingerprint density at radius 2 is 1.85 bits per heavy atom. The Balaban J connectivity index is 3.32. The van der Waals surface area contributed by atoms with Crippen LogP contribution in [0.25, 0.3) is 0 Å². The summed E-state index contributed by atoms with van der Waals surface area (Å²) in [5.41, 5.74) is 0. The Kier molecular flexibility index (Phi) is 6.43. The molecule has 0 aliphatic rings. The molecule has 3 nitrogen and oxygen atoms in total. The quantitative estimate of drug-likeness (QED) is 0.817. The molecule has 1 aromatic rings. The van der Waals surface area contributed by atoms with Crippen LogP contribution in [0.1, 0.15) is 27.2 Å².